The first kappa shape index (κ1) is 22.8. The fourth-order valence-electron chi connectivity index (χ4n) is 3.18. The molecule has 0 aliphatic carbocycles. The van der Waals surface area contributed by atoms with Crippen LogP contribution in [0.15, 0.2) is 67.3 Å². The minimum atomic E-state index is -0.836. The molecule has 32 heavy (non-hydrogen) atoms. The first-order chi connectivity index (χ1) is 15.4. The molecule has 2 aromatic rings. The van der Waals surface area contributed by atoms with Gasteiger partial charge in [-0.25, -0.2) is 9.69 Å². The average Bonchev–Trinajstić information content (AvgIpc) is 2.77. The Morgan fingerprint density at radius 1 is 1.09 bits per heavy atom. The van der Waals surface area contributed by atoms with Gasteiger partial charge in [-0.05, 0) is 54.5 Å². The lowest BCUT2D eigenvalue weighted by Gasteiger charge is -2.26. The smallest absolute Gasteiger partial charge is 0.335 e. The lowest BCUT2D eigenvalue weighted by atomic mass is 10.0. The van der Waals surface area contributed by atoms with Gasteiger partial charge in [-0.2, -0.15) is 0 Å². The molecule has 0 bridgehead atoms. The van der Waals surface area contributed by atoms with Crippen LogP contribution in [-0.2, 0) is 16.0 Å². The van der Waals surface area contributed by atoms with Gasteiger partial charge in [0.1, 0.15) is 12.2 Å². The lowest BCUT2D eigenvalue weighted by Crippen LogP contribution is -2.54. The molecule has 0 saturated carbocycles. The van der Waals surface area contributed by atoms with Crippen molar-refractivity contribution in [3.05, 3.63) is 83.4 Å². The fourth-order valence-corrected chi connectivity index (χ4v) is 3.31. The van der Waals surface area contributed by atoms with Crippen molar-refractivity contribution in [1.29, 1.82) is 0 Å². The predicted octanol–water partition coefficient (Wildman–Crippen LogP) is 4.31. The monoisotopic (exact) mass is 452 g/mol. The number of carbonyl (C=O) groups excluding carboxylic acids is 3. The lowest BCUT2D eigenvalue weighted by molar-refractivity contribution is -0.122. The van der Waals surface area contributed by atoms with Crippen LogP contribution in [-0.4, -0.2) is 31.6 Å². The SMILES string of the molecule is C=CCOc1c(CC=C)cc(/C=C2\C(=O)NC(=O)N(c3ccc(Cl)cc3)C2=O)cc1OC. The number of nitrogens with one attached hydrogen (secondary N) is 1. The van der Waals surface area contributed by atoms with Crippen molar-refractivity contribution in [2.24, 2.45) is 0 Å². The molecule has 1 saturated heterocycles. The normalized spacial score (nSPS) is 14.9. The largest absolute Gasteiger partial charge is 0.493 e. The number of amides is 4. The summed E-state index contributed by atoms with van der Waals surface area (Å²) in [4.78, 5) is 38.8. The zero-order valence-electron chi connectivity index (χ0n) is 17.4. The van der Waals surface area contributed by atoms with Gasteiger partial charge in [0.2, 0.25) is 0 Å². The molecule has 0 aromatic heterocycles. The summed E-state index contributed by atoms with van der Waals surface area (Å²) in [5.41, 5.74) is 1.36. The van der Waals surface area contributed by atoms with Crippen molar-refractivity contribution in [2.45, 2.75) is 6.42 Å². The molecule has 3 rings (SSSR count). The molecule has 0 unspecified atom stereocenters. The number of nitrogens with zero attached hydrogens (tertiary/aromatic N) is 1. The number of methoxy groups -OCH3 is 1. The number of ether oxygens (including phenoxy) is 2. The number of benzene rings is 2. The molecule has 1 aliphatic heterocycles. The maximum Gasteiger partial charge on any atom is 0.335 e. The summed E-state index contributed by atoms with van der Waals surface area (Å²) in [5, 5.41) is 2.64. The molecule has 8 heteroatoms. The van der Waals surface area contributed by atoms with Crippen molar-refractivity contribution in [3.8, 4) is 11.5 Å². The van der Waals surface area contributed by atoms with Crippen LogP contribution < -0.4 is 19.7 Å². The summed E-state index contributed by atoms with van der Waals surface area (Å²) < 4.78 is 11.2. The number of rotatable bonds is 8. The van der Waals surface area contributed by atoms with Gasteiger partial charge in [-0.1, -0.05) is 30.3 Å². The Morgan fingerprint density at radius 2 is 1.81 bits per heavy atom. The van der Waals surface area contributed by atoms with Gasteiger partial charge in [0.05, 0.1) is 12.8 Å². The molecule has 4 amide bonds. The third kappa shape index (κ3) is 4.73. The highest BCUT2D eigenvalue weighted by molar-refractivity contribution is 6.39. The number of hydrogen-bond acceptors (Lipinski definition) is 5. The number of anilines is 1. The van der Waals surface area contributed by atoms with E-state index in [4.69, 9.17) is 21.1 Å². The Balaban J connectivity index is 2.05. The van der Waals surface area contributed by atoms with E-state index in [0.29, 0.717) is 28.5 Å². The number of carbonyl (C=O) groups is 3. The molecular formula is C24H21ClN2O5. The quantitative estimate of drug-likeness (QED) is 0.366. The minimum Gasteiger partial charge on any atom is -0.493 e. The predicted molar refractivity (Wildman–Crippen MR) is 123 cm³/mol. The molecule has 1 N–H and O–H groups in total. The van der Waals surface area contributed by atoms with Crippen molar-refractivity contribution < 1.29 is 23.9 Å². The summed E-state index contributed by atoms with van der Waals surface area (Å²) in [6, 6.07) is 8.70. The number of imide groups is 2. The highest BCUT2D eigenvalue weighted by Crippen LogP contribution is 2.35. The van der Waals surface area contributed by atoms with Crippen LogP contribution in [0.4, 0.5) is 10.5 Å². The number of hydrogen-bond donors (Lipinski definition) is 1. The van der Waals surface area contributed by atoms with Crippen LogP contribution in [0.2, 0.25) is 5.02 Å². The third-order valence-corrected chi connectivity index (χ3v) is 4.83. The summed E-state index contributed by atoms with van der Waals surface area (Å²) in [7, 11) is 1.49. The second kappa shape index (κ2) is 9.98. The van der Waals surface area contributed by atoms with E-state index < -0.39 is 17.8 Å². The Bertz CT molecular complexity index is 1120. The Morgan fingerprint density at radius 3 is 2.44 bits per heavy atom. The van der Waals surface area contributed by atoms with Crippen molar-refractivity contribution in [1.82, 2.24) is 5.32 Å². The minimum absolute atomic E-state index is 0.203. The van der Waals surface area contributed by atoms with Crippen LogP contribution in [0.1, 0.15) is 11.1 Å². The summed E-state index contributed by atoms with van der Waals surface area (Å²) in [5.74, 6) is -0.599. The summed E-state index contributed by atoms with van der Waals surface area (Å²) in [6.45, 7) is 7.68. The van der Waals surface area contributed by atoms with E-state index >= 15 is 0 Å². The van der Waals surface area contributed by atoms with E-state index in [1.807, 2.05) is 0 Å². The molecule has 7 nitrogen and oxygen atoms in total. The van der Waals surface area contributed by atoms with E-state index in [9.17, 15) is 14.4 Å². The second-order valence-corrected chi connectivity index (χ2v) is 7.17. The van der Waals surface area contributed by atoms with Gasteiger partial charge in [0, 0.05) is 10.6 Å². The van der Waals surface area contributed by atoms with E-state index in [0.717, 1.165) is 10.5 Å². The Hall–Kier alpha value is -3.84. The van der Waals surface area contributed by atoms with E-state index in [1.165, 1.54) is 25.3 Å². The molecular weight excluding hydrogens is 432 g/mol. The van der Waals surface area contributed by atoms with Gasteiger partial charge in [0.25, 0.3) is 11.8 Å². The maximum atomic E-state index is 13.1. The van der Waals surface area contributed by atoms with E-state index in [2.05, 4.69) is 18.5 Å². The Labute approximate surface area is 190 Å². The van der Waals surface area contributed by atoms with Crippen LogP contribution in [0.25, 0.3) is 6.08 Å². The summed E-state index contributed by atoms with van der Waals surface area (Å²) >= 11 is 5.89. The molecule has 0 spiro atoms. The van der Waals surface area contributed by atoms with Gasteiger partial charge in [0.15, 0.2) is 11.5 Å². The zero-order chi connectivity index (χ0) is 23.3. The topological polar surface area (TPSA) is 84.9 Å². The molecule has 1 aliphatic rings. The van der Waals surface area contributed by atoms with Gasteiger partial charge in [-0.3, -0.25) is 14.9 Å². The number of urea groups is 1. The van der Waals surface area contributed by atoms with Crippen molar-refractivity contribution >= 4 is 41.2 Å². The van der Waals surface area contributed by atoms with Crippen LogP contribution in [0, 0.1) is 0 Å². The molecule has 2 aromatic carbocycles. The van der Waals surface area contributed by atoms with E-state index in [-0.39, 0.29) is 17.9 Å². The number of halogens is 1. The average molecular weight is 453 g/mol. The van der Waals surface area contributed by atoms with Crippen LogP contribution >= 0.6 is 11.6 Å². The Kier molecular flexibility index (Phi) is 7.12. The first-order valence-corrected chi connectivity index (χ1v) is 10.00. The van der Waals surface area contributed by atoms with Crippen molar-refractivity contribution in [3.63, 3.8) is 0 Å². The molecule has 1 fully saturated rings. The number of allylic oxidation sites excluding steroid dienone is 1. The summed E-state index contributed by atoms with van der Waals surface area (Å²) in [6.07, 6.45) is 5.18. The van der Waals surface area contributed by atoms with Crippen molar-refractivity contribution in [2.75, 3.05) is 18.6 Å². The molecule has 0 radical (unpaired) electrons. The van der Waals surface area contributed by atoms with E-state index in [1.54, 1.807) is 36.4 Å². The molecule has 0 atom stereocenters. The fraction of sp³-hybridized carbons (Fsp3) is 0.125. The second-order valence-electron chi connectivity index (χ2n) is 6.74. The highest BCUT2D eigenvalue weighted by Gasteiger charge is 2.36. The van der Waals surface area contributed by atoms with Gasteiger partial charge < -0.3 is 9.47 Å². The maximum absolute atomic E-state index is 13.1. The number of barbiturate groups is 1. The highest BCUT2D eigenvalue weighted by atomic mass is 35.5. The molecule has 1 heterocycles. The van der Waals surface area contributed by atoms with Crippen LogP contribution in [0.3, 0.4) is 0 Å². The van der Waals surface area contributed by atoms with Gasteiger partial charge >= 0.3 is 6.03 Å². The van der Waals surface area contributed by atoms with Crippen LogP contribution in [0.5, 0.6) is 11.5 Å². The third-order valence-electron chi connectivity index (χ3n) is 4.58. The molecule has 164 valence electrons. The first-order valence-electron chi connectivity index (χ1n) is 9.62. The zero-order valence-corrected chi connectivity index (χ0v) is 18.1. The van der Waals surface area contributed by atoms with Gasteiger partial charge in [-0.15, -0.1) is 6.58 Å². The standard InChI is InChI=1S/C24H21ClN2O5/c1-4-6-16-12-15(14-20(31-3)21(16)32-11-5-2)13-19-22(28)26-24(30)27(23(19)29)18-9-7-17(25)8-10-18/h4-5,7-10,12-14H,1-2,6,11H2,3H3,(H,26,28,30)/b19-13+.